The molecule has 0 N–H and O–H groups in total. The summed E-state index contributed by atoms with van der Waals surface area (Å²) >= 11 is 0. The zero-order valence-corrected chi connectivity index (χ0v) is 10.4. The Balaban J connectivity index is 2.75. The SMILES string of the molecule is C=C(CCCC#N)[P@](C)(=O)c1ccccc1. The minimum absolute atomic E-state index is 0.494. The van der Waals surface area contributed by atoms with Gasteiger partial charge in [0.15, 0.2) is 0 Å². The molecule has 84 valence electrons. The molecule has 1 rings (SSSR count). The molecule has 0 saturated heterocycles. The first-order valence-electron chi connectivity index (χ1n) is 5.27. The predicted molar refractivity (Wildman–Crippen MR) is 68.2 cm³/mol. The van der Waals surface area contributed by atoms with E-state index in [2.05, 4.69) is 12.6 Å². The van der Waals surface area contributed by atoms with Crippen LogP contribution in [0.3, 0.4) is 0 Å². The molecule has 0 aromatic heterocycles. The maximum Gasteiger partial charge on any atom is 0.135 e. The summed E-state index contributed by atoms with van der Waals surface area (Å²) in [5.74, 6) is 0. The second kappa shape index (κ2) is 5.68. The van der Waals surface area contributed by atoms with E-state index in [-0.39, 0.29) is 0 Å². The second-order valence-corrected chi connectivity index (χ2v) is 6.83. The Bertz CT molecular complexity index is 445. The summed E-state index contributed by atoms with van der Waals surface area (Å²) < 4.78 is 12.5. The van der Waals surface area contributed by atoms with Crippen LogP contribution in [0.5, 0.6) is 0 Å². The average Bonchev–Trinajstić information content (AvgIpc) is 2.30. The number of unbranched alkanes of at least 4 members (excludes halogenated alkanes) is 1. The molecular formula is C13H16NOP. The maximum absolute atomic E-state index is 12.5. The van der Waals surface area contributed by atoms with Gasteiger partial charge in [0.2, 0.25) is 0 Å². The highest BCUT2D eigenvalue weighted by Crippen LogP contribution is 2.49. The summed E-state index contributed by atoms with van der Waals surface area (Å²) in [5.41, 5.74) is 0. The molecule has 0 saturated carbocycles. The second-order valence-electron chi connectivity index (χ2n) is 3.84. The van der Waals surface area contributed by atoms with Crippen LogP contribution < -0.4 is 5.30 Å². The molecule has 0 spiro atoms. The number of allylic oxidation sites excluding steroid dienone is 1. The first kappa shape index (κ1) is 12.7. The van der Waals surface area contributed by atoms with Gasteiger partial charge in [-0.2, -0.15) is 5.26 Å². The van der Waals surface area contributed by atoms with Crippen molar-refractivity contribution in [2.45, 2.75) is 19.3 Å². The summed E-state index contributed by atoms with van der Waals surface area (Å²) in [6.07, 6.45) is 1.89. The Morgan fingerprint density at radius 1 is 1.44 bits per heavy atom. The van der Waals surface area contributed by atoms with Crippen molar-refractivity contribution in [1.82, 2.24) is 0 Å². The lowest BCUT2D eigenvalue weighted by Crippen LogP contribution is -2.04. The normalized spacial score (nSPS) is 13.8. The zero-order chi connectivity index (χ0) is 12.0. The minimum Gasteiger partial charge on any atom is -0.314 e. The molecule has 3 heteroatoms. The molecule has 0 heterocycles. The summed E-state index contributed by atoms with van der Waals surface area (Å²) in [5, 5.41) is 10.1. The Morgan fingerprint density at radius 2 is 2.06 bits per heavy atom. The first-order chi connectivity index (χ1) is 7.59. The van der Waals surface area contributed by atoms with Crippen molar-refractivity contribution in [3.63, 3.8) is 0 Å². The summed E-state index contributed by atoms with van der Waals surface area (Å²) in [4.78, 5) is 0. The quantitative estimate of drug-likeness (QED) is 0.576. The molecule has 0 unspecified atom stereocenters. The molecule has 16 heavy (non-hydrogen) atoms. The van der Waals surface area contributed by atoms with E-state index < -0.39 is 7.14 Å². The molecule has 0 fully saturated rings. The Morgan fingerprint density at radius 3 is 2.62 bits per heavy atom. The monoisotopic (exact) mass is 233 g/mol. The fraction of sp³-hybridized carbons (Fsp3) is 0.308. The van der Waals surface area contributed by atoms with Gasteiger partial charge in [0, 0.05) is 11.7 Å². The van der Waals surface area contributed by atoms with Crippen molar-refractivity contribution in [3.05, 3.63) is 42.2 Å². The van der Waals surface area contributed by atoms with Crippen LogP contribution in [0.4, 0.5) is 0 Å². The maximum atomic E-state index is 12.5. The fourth-order valence-corrected chi connectivity index (χ4v) is 3.17. The van der Waals surface area contributed by atoms with Crippen LogP contribution in [0.1, 0.15) is 19.3 Å². The van der Waals surface area contributed by atoms with Gasteiger partial charge in [-0.05, 0) is 24.8 Å². The molecule has 0 aliphatic rings. The van der Waals surface area contributed by atoms with Crippen molar-refractivity contribution in [1.29, 1.82) is 5.26 Å². The van der Waals surface area contributed by atoms with Crippen LogP contribution in [0.25, 0.3) is 0 Å². The van der Waals surface area contributed by atoms with Gasteiger partial charge in [-0.25, -0.2) is 0 Å². The van der Waals surface area contributed by atoms with Crippen LogP contribution in [0, 0.1) is 11.3 Å². The summed E-state index contributed by atoms with van der Waals surface area (Å²) in [6, 6.07) is 11.5. The van der Waals surface area contributed by atoms with Crippen molar-refractivity contribution < 1.29 is 4.57 Å². The number of hydrogen-bond donors (Lipinski definition) is 0. The standard InChI is InChI=1S/C13H16NOP/c1-12(8-6-7-11-14)16(2,15)13-9-4-3-5-10-13/h3-5,9-10H,1,6-8H2,2H3/t16-/m0/s1. The van der Waals surface area contributed by atoms with Gasteiger partial charge < -0.3 is 4.57 Å². The van der Waals surface area contributed by atoms with Crippen LogP contribution in [-0.2, 0) is 4.57 Å². The molecule has 0 amide bonds. The van der Waals surface area contributed by atoms with Gasteiger partial charge in [0.25, 0.3) is 0 Å². The molecule has 1 aromatic rings. The number of nitriles is 1. The zero-order valence-electron chi connectivity index (χ0n) is 9.52. The Kier molecular flexibility index (Phi) is 4.52. The molecule has 2 nitrogen and oxygen atoms in total. The van der Waals surface area contributed by atoms with E-state index in [9.17, 15) is 4.57 Å². The third-order valence-electron chi connectivity index (χ3n) is 2.61. The third kappa shape index (κ3) is 3.08. The van der Waals surface area contributed by atoms with Crippen molar-refractivity contribution >= 4 is 12.4 Å². The predicted octanol–water partition coefficient (Wildman–Crippen LogP) is 3.51. The number of nitrogens with zero attached hydrogens (tertiary/aromatic N) is 1. The van der Waals surface area contributed by atoms with E-state index in [1.54, 1.807) is 6.66 Å². The van der Waals surface area contributed by atoms with Crippen LogP contribution >= 0.6 is 7.14 Å². The van der Waals surface area contributed by atoms with Gasteiger partial charge in [-0.1, -0.05) is 36.9 Å². The number of benzene rings is 1. The highest BCUT2D eigenvalue weighted by atomic mass is 31.2. The molecule has 0 aliphatic heterocycles. The minimum atomic E-state index is -2.48. The van der Waals surface area contributed by atoms with Gasteiger partial charge in [0.05, 0.1) is 6.07 Å². The number of hydrogen-bond acceptors (Lipinski definition) is 2. The fourth-order valence-electron chi connectivity index (χ4n) is 1.48. The van der Waals surface area contributed by atoms with Crippen LogP contribution in [0.2, 0.25) is 0 Å². The lowest BCUT2D eigenvalue weighted by Gasteiger charge is -2.15. The smallest absolute Gasteiger partial charge is 0.135 e. The van der Waals surface area contributed by atoms with E-state index in [4.69, 9.17) is 5.26 Å². The number of rotatable bonds is 5. The molecule has 0 radical (unpaired) electrons. The van der Waals surface area contributed by atoms with Gasteiger partial charge in [-0.3, -0.25) is 0 Å². The molecular weight excluding hydrogens is 217 g/mol. The first-order valence-corrected chi connectivity index (χ1v) is 7.43. The third-order valence-corrected chi connectivity index (χ3v) is 5.32. The molecule has 0 aliphatic carbocycles. The van der Waals surface area contributed by atoms with Crippen molar-refractivity contribution in [2.75, 3.05) is 6.66 Å². The van der Waals surface area contributed by atoms with Gasteiger partial charge in [0.1, 0.15) is 7.14 Å². The van der Waals surface area contributed by atoms with E-state index >= 15 is 0 Å². The van der Waals surface area contributed by atoms with E-state index in [0.29, 0.717) is 12.8 Å². The van der Waals surface area contributed by atoms with Gasteiger partial charge >= 0.3 is 0 Å². The van der Waals surface area contributed by atoms with Crippen molar-refractivity contribution in [3.8, 4) is 6.07 Å². The van der Waals surface area contributed by atoms with Gasteiger partial charge in [-0.15, -0.1) is 0 Å². The van der Waals surface area contributed by atoms with E-state index in [1.165, 1.54) is 0 Å². The Labute approximate surface area is 97.0 Å². The summed E-state index contributed by atoms with van der Waals surface area (Å²) in [7, 11) is -2.48. The van der Waals surface area contributed by atoms with Crippen LogP contribution in [0.15, 0.2) is 42.2 Å². The lowest BCUT2D eigenvalue weighted by molar-refractivity contribution is 0.587. The molecule has 1 atom stereocenters. The topological polar surface area (TPSA) is 40.9 Å². The Hall–Kier alpha value is -1.32. The average molecular weight is 233 g/mol. The highest BCUT2D eigenvalue weighted by molar-refractivity contribution is 7.74. The molecule has 0 bridgehead atoms. The van der Waals surface area contributed by atoms with Crippen LogP contribution in [-0.4, -0.2) is 6.66 Å². The van der Waals surface area contributed by atoms with E-state index in [0.717, 1.165) is 17.0 Å². The van der Waals surface area contributed by atoms with E-state index in [1.807, 2.05) is 30.3 Å². The van der Waals surface area contributed by atoms with Crippen molar-refractivity contribution in [2.24, 2.45) is 0 Å². The summed E-state index contributed by atoms with van der Waals surface area (Å²) in [6.45, 7) is 5.65. The lowest BCUT2D eigenvalue weighted by atomic mass is 10.2. The largest absolute Gasteiger partial charge is 0.314 e. The highest BCUT2D eigenvalue weighted by Gasteiger charge is 2.21. The molecule has 1 aromatic carbocycles.